The summed E-state index contributed by atoms with van der Waals surface area (Å²) >= 11 is 5.68. The summed E-state index contributed by atoms with van der Waals surface area (Å²) in [7, 11) is 0. The third-order valence-electron chi connectivity index (χ3n) is 3.21. The van der Waals surface area contributed by atoms with Crippen molar-refractivity contribution in [1.29, 1.82) is 0 Å². The molecule has 0 atom stereocenters. The van der Waals surface area contributed by atoms with Crippen LogP contribution in [0.3, 0.4) is 0 Å². The Bertz CT molecular complexity index is 854. The number of alkyl halides is 3. The topological polar surface area (TPSA) is 84.5 Å². The quantitative estimate of drug-likeness (QED) is 0.610. The Kier molecular flexibility index (Phi) is 6.40. The molecule has 0 aliphatic rings. The Balaban J connectivity index is 1.88. The van der Waals surface area contributed by atoms with Crippen LogP contribution < -0.4 is 10.9 Å². The number of nitrogens with one attached hydrogen (secondary N) is 2. The van der Waals surface area contributed by atoms with E-state index in [0.29, 0.717) is 5.02 Å². The van der Waals surface area contributed by atoms with Gasteiger partial charge in [-0.1, -0.05) is 23.7 Å². The molecule has 0 saturated carbocycles. The summed E-state index contributed by atoms with van der Waals surface area (Å²) in [5, 5.41) is 0.418. The first-order valence-electron chi connectivity index (χ1n) is 7.36. The number of hydrogen-bond donors (Lipinski definition) is 2. The zero-order valence-corrected chi connectivity index (χ0v) is 14.2. The van der Waals surface area contributed by atoms with Gasteiger partial charge in [0.1, 0.15) is 0 Å². The first kappa shape index (κ1) is 20.2. The lowest BCUT2D eigenvalue weighted by Crippen LogP contribution is -2.43. The predicted molar refractivity (Wildman–Crippen MR) is 88.8 cm³/mol. The first-order chi connectivity index (χ1) is 12.7. The molecule has 0 heterocycles. The van der Waals surface area contributed by atoms with Crippen LogP contribution in [0.4, 0.5) is 13.2 Å². The van der Waals surface area contributed by atoms with Crippen molar-refractivity contribution in [3.63, 3.8) is 0 Å². The van der Waals surface area contributed by atoms with Crippen molar-refractivity contribution in [2.75, 3.05) is 6.61 Å². The fraction of sp³-hybridized carbons (Fsp3) is 0.118. The molecule has 2 aromatic rings. The van der Waals surface area contributed by atoms with Gasteiger partial charge in [0.15, 0.2) is 6.61 Å². The third-order valence-corrected chi connectivity index (χ3v) is 3.46. The smallest absolute Gasteiger partial charge is 0.417 e. The minimum absolute atomic E-state index is 0.204. The maximum Gasteiger partial charge on any atom is 0.417 e. The van der Waals surface area contributed by atoms with E-state index in [1.165, 1.54) is 30.3 Å². The Morgan fingerprint density at radius 1 is 0.963 bits per heavy atom. The minimum Gasteiger partial charge on any atom is -0.452 e. The molecule has 2 amide bonds. The molecule has 0 aliphatic heterocycles. The van der Waals surface area contributed by atoms with E-state index in [9.17, 15) is 27.6 Å². The second kappa shape index (κ2) is 8.54. The normalized spacial score (nSPS) is 10.8. The van der Waals surface area contributed by atoms with Gasteiger partial charge in [0.25, 0.3) is 11.8 Å². The third kappa shape index (κ3) is 5.71. The summed E-state index contributed by atoms with van der Waals surface area (Å²) in [6, 6.07) is 9.79. The number of rotatable bonds is 4. The number of carbonyl (C=O) groups is 3. The molecule has 0 saturated heterocycles. The van der Waals surface area contributed by atoms with E-state index in [1.54, 1.807) is 0 Å². The Labute approximate surface area is 156 Å². The van der Waals surface area contributed by atoms with Crippen LogP contribution in [0.1, 0.15) is 26.3 Å². The number of hydrazine groups is 1. The molecule has 0 aliphatic carbocycles. The molecule has 10 heteroatoms. The highest BCUT2D eigenvalue weighted by Crippen LogP contribution is 2.32. The number of amides is 2. The first-order valence-corrected chi connectivity index (χ1v) is 7.74. The average Bonchev–Trinajstić information content (AvgIpc) is 2.64. The van der Waals surface area contributed by atoms with Crippen LogP contribution in [0.2, 0.25) is 5.02 Å². The predicted octanol–water partition coefficient (Wildman–Crippen LogP) is 2.98. The van der Waals surface area contributed by atoms with Crippen molar-refractivity contribution in [3.8, 4) is 0 Å². The number of halogens is 4. The zero-order chi connectivity index (χ0) is 20.0. The van der Waals surface area contributed by atoms with Crippen LogP contribution in [-0.2, 0) is 15.7 Å². The van der Waals surface area contributed by atoms with Crippen LogP contribution in [0, 0.1) is 0 Å². The maximum absolute atomic E-state index is 12.9. The molecule has 2 rings (SSSR count). The van der Waals surface area contributed by atoms with Gasteiger partial charge in [0, 0.05) is 10.6 Å². The van der Waals surface area contributed by atoms with Gasteiger partial charge in [-0.15, -0.1) is 0 Å². The summed E-state index contributed by atoms with van der Waals surface area (Å²) < 4.78 is 43.1. The molecule has 142 valence electrons. The van der Waals surface area contributed by atoms with Crippen LogP contribution >= 0.6 is 11.6 Å². The molecule has 0 spiro atoms. The van der Waals surface area contributed by atoms with Crippen LogP contribution in [-0.4, -0.2) is 24.4 Å². The summed E-state index contributed by atoms with van der Waals surface area (Å²) in [6.07, 6.45) is -4.75. The Hall–Kier alpha value is -3.07. The monoisotopic (exact) mass is 400 g/mol. The molecule has 27 heavy (non-hydrogen) atoms. The lowest BCUT2D eigenvalue weighted by molar-refractivity contribution is -0.138. The lowest BCUT2D eigenvalue weighted by atomic mass is 10.1. The van der Waals surface area contributed by atoms with Gasteiger partial charge in [-0.3, -0.25) is 20.4 Å². The fourth-order valence-electron chi connectivity index (χ4n) is 1.95. The van der Waals surface area contributed by atoms with E-state index in [-0.39, 0.29) is 5.56 Å². The summed E-state index contributed by atoms with van der Waals surface area (Å²) in [6.45, 7) is -0.883. The van der Waals surface area contributed by atoms with Crippen molar-refractivity contribution < 1.29 is 32.3 Å². The van der Waals surface area contributed by atoms with Gasteiger partial charge in [0.2, 0.25) is 0 Å². The van der Waals surface area contributed by atoms with E-state index in [4.69, 9.17) is 11.6 Å². The molecule has 0 fully saturated rings. The second-order valence-electron chi connectivity index (χ2n) is 5.13. The molecule has 2 aromatic carbocycles. The van der Waals surface area contributed by atoms with Gasteiger partial charge in [-0.25, -0.2) is 4.79 Å². The summed E-state index contributed by atoms with van der Waals surface area (Å²) in [5.74, 6) is -2.91. The molecule has 0 radical (unpaired) electrons. The fourth-order valence-corrected chi connectivity index (χ4v) is 2.08. The SMILES string of the molecule is O=C(COC(=O)c1ccccc1C(F)(F)F)NNC(=O)c1ccc(Cl)cc1. The largest absolute Gasteiger partial charge is 0.452 e. The van der Waals surface area contributed by atoms with Gasteiger partial charge in [0.05, 0.1) is 11.1 Å². The second-order valence-corrected chi connectivity index (χ2v) is 5.57. The lowest BCUT2D eigenvalue weighted by Gasteiger charge is -2.12. The zero-order valence-electron chi connectivity index (χ0n) is 13.5. The summed E-state index contributed by atoms with van der Waals surface area (Å²) in [4.78, 5) is 35.2. The number of esters is 1. The molecule has 0 bridgehead atoms. The van der Waals surface area contributed by atoms with Gasteiger partial charge < -0.3 is 4.74 Å². The molecule has 2 N–H and O–H groups in total. The highest BCUT2D eigenvalue weighted by Gasteiger charge is 2.35. The van der Waals surface area contributed by atoms with E-state index in [1.807, 2.05) is 5.43 Å². The Morgan fingerprint density at radius 3 is 2.22 bits per heavy atom. The highest BCUT2D eigenvalue weighted by molar-refractivity contribution is 6.30. The van der Waals surface area contributed by atoms with E-state index < -0.39 is 41.7 Å². The summed E-state index contributed by atoms with van der Waals surface area (Å²) in [5.41, 5.74) is 2.35. The van der Waals surface area contributed by atoms with Crippen LogP contribution in [0.15, 0.2) is 48.5 Å². The highest BCUT2D eigenvalue weighted by atomic mass is 35.5. The van der Waals surface area contributed by atoms with Crippen molar-refractivity contribution in [1.82, 2.24) is 10.9 Å². The standard InChI is InChI=1S/C17H12ClF3N2O4/c18-11-7-5-10(6-8-11)15(25)23-22-14(24)9-27-16(26)12-3-1-2-4-13(12)17(19,20)21/h1-8H,9H2,(H,22,24)(H,23,25). The van der Waals surface area contributed by atoms with Crippen LogP contribution in [0.25, 0.3) is 0 Å². The van der Waals surface area contributed by atoms with E-state index in [2.05, 4.69) is 10.2 Å². The number of hydrogen-bond acceptors (Lipinski definition) is 4. The molecular weight excluding hydrogens is 389 g/mol. The van der Waals surface area contributed by atoms with E-state index in [0.717, 1.165) is 18.2 Å². The van der Waals surface area contributed by atoms with Gasteiger partial charge in [-0.05, 0) is 36.4 Å². The van der Waals surface area contributed by atoms with Gasteiger partial charge in [-0.2, -0.15) is 13.2 Å². The molecule has 0 aromatic heterocycles. The Morgan fingerprint density at radius 2 is 1.59 bits per heavy atom. The molecular formula is C17H12ClF3N2O4. The van der Waals surface area contributed by atoms with Gasteiger partial charge >= 0.3 is 12.1 Å². The van der Waals surface area contributed by atoms with Crippen molar-refractivity contribution >= 4 is 29.4 Å². The molecule has 0 unspecified atom stereocenters. The number of benzene rings is 2. The van der Waals surface area contributed by atoms with Crippen molar-refractivity contribution in [2.45, 2.75) is 6.18 Å². The maximum atomic E-state index is 12.9. The number of carbonyl (C=O) groups excluding carboxylic acids is 3. The van der Waals surface area contributed by atoms with Crippen LogP contribution in [0.5, 0.6) is 0 Å². The van der Waals surface area contributed by atoms with Crippen molar-refractivity contribution in [3.05, 3.63) is 70.2 Å². The number of ether oxygens (including phenoxy) is 1. The minimum atomic E-state index is -4.75. The van der Waals surface area contributed by atoms with Crippen molar-refractivity contribution in [2.24, 2.45) is 0 Å². The van der Waals surface area contributed by atoms with E-state index >= 15 is 0 Å². The molecule has 6 nitrogen and oxygen atoms in total. The average molecular weight is 401 g/mol.